The molecular weight excluding hydrogens is 236 g/mol. The topological polar surface area (TPSA) is 32.3 Å². The van der Waals surface area contributed by atoms with E-state index in [1.54, 1.807) is 0 Å². The fraction of sp³-hybridized carbons (Fsp3) is 0.562. The summed E-state index contributed by atoms with van der Waals surface area (Å²) in [6, 6.07) is 8.39. The van der Waals surface area contributed by atoms with Crippen molar-refractivity contribution in [2.75, 3.05) is 20.1 Å². The average Bonchev–Trinajstić information content (AvgIpc) is 2.47. The third kappa shape index (κ3) is 3.35. The van der Waals surface area contributed by atoms with Crippen LogP contribution in [0.1, 0.15) is 42.1 Å². The fourth-order valence-electron chi connectivity index (χ4n) is 2.76. The summed E-state index contributed by atoms with van der Waals surface area (Å²) in [5.41, 5.74) is 2.10. The van der Waals surface area contributed by atoms with Crippen LogP contribution in [0.25, 0.3) is 0 Å². The Balaban J connectivity index is 2.11. The van der Waals surface area contributed by atoms with E-state index in [4.69, 9.17) is 0 Å². The number of carbonyl (C=O) groups excluding carboxylic acids is 1. The zero-order chi connectivity index (χ0) is 13.7. The van der Waals surface area contributed by atoms with E-state index in [0.717, 1.165) is 37.9 Å². The van der Waals surface area contributed by atoms with Crippen LogP contribution in [0.3, 0.4) is 0 Å². The Kier molecular flexibility index (Phi) is 4.97. The predicted octanol–water partition coefficient (Wildman–Crippen LogP) is 2.46. The van der Waals surface area contributed by atoms with E-state index in [2.05, 4.69) is 24.4 Å². The predicted molar refractivity (Wildman–Crippen MR) is 78.4 cm³/mol. The summed E-state index contributed by atoms with van der Waals surface area (Å²) in [4.78, 5) is 14.6. The van der Waals surface area contributed by atoms with Crippen LogP contribution in [0, 0.1) is 0 Å². The van der Waals surface area contributed by atoms with Gasteiger partial charge in [-0.25, -0.2) is 0 Å². The maximum Gasteiger partial charge on any atom is 0.254 e. The molecule has 0 saturated carbocycles. The summed E-state index contributed by atoms with van der Waals surface area (Å²) in [5.74, 6) is 0.183. The van der Waals surface area contributed by atoms with Gasteiger partial charge in [-0.2, -0.15) is 0 Å². The molecule has 3 nitrogen and oxygen atoms in total. The number of piperidine rings is 1. The van der Waals surface area contributed by atoms with Crippen molar-refractivity contribution in [2.45, 2.75) is 38.6 Å². The molecule has 1 aliphatic heterocycles. The van der Waals surface area contributed by atoms with Crippen molar-refractivity contribution in [3.63, 3.8) is 0 Å². The summed E-state index contributed by atoms with van der Waals surface area (Å²) in [5, 5.41) is 3.20. The zero-order valence-electron chi connectivity index (χ0n) is 12.0. The number of carbonyl (C=O) groups is 1. The normalized spacial score (nSPS) is 19.5. The minimum atomic E-state index is 0.183. The Labute approximate surface area is 116 Å². The van der Waals surface area contributed by atoms with Gasteiger partial charge in [0, 0.05) is 24.7 Å². The van der Waals surface area contributed by atoms with Crippen LogP contribution in [0.4, 0.5) is 0 Å². The SMILES string of the molecule is CCc1ccc(C(=O)N2CCCCC2CNC)cc1. The monoisotopic (exact) mass is 260 g/mol. The van der Waals surface area contributed by atoms with E-state index in [1.165, 1.54) is 12.0 Å². The molecule has 0 aromatic heterocycles. The first-order valence-corrected chi connectivity index (χ1v) is 7.30. The summed E-state index contributed by atoms with van der Waals surface area (Å²) in [6.07, 6.45) is 4.48. The van der Waals surface area contributed by atoms with Crippen molar-refractivity contribution in [1.29, 1.82) is 0 Å². The number of benzene rings is 1. The fourth-order valence-corrected chi connectivity index (χ4v) is 2.76. The summed E-state index contributed by atoms with van der Waals surface area (Å²) < 4.78 is 0. The van der Waals surface area contributed by atoms with Gasteiger partial charge in [0.25, 0.3) is 5.91 Å². The zero-order valence-corrected chi connectivity index (χ0v) is 12.0. The molecule has 1 saturated heterocycles. The largest absolute Gasteiger partial charge is 0.334 e. The molecule has 0 spiro atoms. The van der Waals surface area contributed by atoms with Gasteiger partial charge in [-0.1, -0.05) is 19.1 Å². The molecule has 0 bridgehead atoms. The lowest BCUT2D eigenvalue weighted by Crippen LogP contribution is -2.48. The van der Waals surface area contributed by atoms with Crippen LogP contribution in [-0.2, 0) is 6.42 Å². The van der Waals surface area contributed by atoms with E-state index in [9.17, 15) is 4.79 Å². The van der Waals surface area contributed by atoms with Crippen molar-refractivity contribution < 1.29 is 4.79 Å². The van der Waals surface area contributed by atoms with Crippen molar-refractivity contribution >= 4 is 5.91 Å². The second-order valence-electron chi connectivity index (χ2n) is 5.26. The van der Waals surface area contributed by atoms with Crippen LogP contribution in [0.5, 0.6) is 0 Å². The van der Waals surface area contributed by atoms with Crippen LogP contribution in [-0.4, -0.2) is 37.0 Å². The van der Waals surface area contributed by atoms with E-state index in [1.807, 2.05) is 24.1 Å². The first-order valence-electron chi connectivity index (χ1n) is 7.30. The molecule has 0 radical (unpaired) electrons. The minimum Gasteiger partial charge on any atom is -0.334 e. The first kappa shape index (κ1) is 14.1. The first-order chi connectivity index (χ1) is 9.26. The highest BCUT2D eigenvalue weighted by molar-refractivity contribution is 5.94. The van der Waals surface area contributed by atoms with E-state index in [0.29, 0.717) is 6.04 Å². The molecule has 1 amide bonds. The molecule has 1 aromatic carbocycles. The standard InChI is InChI=1S/C16H24N2O/c1-3-13-7-9-14(10-8-13)16(19)18-11-5-4-6-15(18)12-17-2/h7-10,15,17H,3-6,11-12H2,1-2H3. The van der Waals surface area contributed by atoms with Crippen LogP contribution in [0.15, 0.2) is 24.3 Å². The Morgan fingerprint density at radius 1 is 1.32 bits per heavy atom. The van der Waals surface area contributed by atoms with Gasteiger partial charge in [0.2, 0.25) is 0 Å². The Morgan fingerprint density at radius 3 is 2.68 bits per heavy atom. The molecule has 1 aromatic rings. The van der Waals surface area contributed by atoms with Crippen LogP contribution >= 0.6 is 0 Å². The molecular formula is C16H24N2O. The highest BCUT2D eigenvalue weighted by atomic mass is 16.2. The highest BCUT2D eigenvalue weighted by Gasteiger charge is 2.26. The lowest BCUT2D eigenvalue weighted by atomic mass is 10.00. The molecule has 3 heteroatoms. The molecule has 104 valence electrons. The number of likely N-dealkylation sites (tertiary alicyclic amines) is 1. The third-order valence-corrected chi connectivity index (χ3v) is 3.94. The smallest absolute Gasteiger partial charge is 0.254 e. The minimum absolute atomic E-state index is 0.183. The van der Waals surface area contributed by atoms with Crippen molar-refractivity contribution in [2.24, 2.45) is 0 Å². The summed E-state index contributed by atoms with van der Waals surface area (Å²) in [7, 11) is 1.95. The van der Waals surface area contributed by atoms with Crippen molar-refractivity contribution in [1.82, 2.24) is 10.2 Å². The summed E-state index contributed by atoms with van der Waals surface area (Å²) >= 11 is 0. The van der Waals surface area contributed by atoms with Crippen molar-refractivity contribution in [3.8, 4) is 0 Å². The Morgan fingerprint density at radius 2 is 2.05 bits per heavy atom. The molecule has 2 rings (SSSR count). The lowest BCUT2D eigenvalue weighted by Gasteiger charge is -2.35. The number of aryl methyl sites for hydroxylation is 1. The van der Waals surface area contributed by atoms with Gasteiger partial charge in [-0.05, 0) is 50.4 Å². The molecule has 1 atom stereocenters. The maximum atomic E-state index is 12.6. The van der Waals surface area contributed by atoms with Gasteiger partial charge in [0.05, 0.1) is 0 Å². The molecule has 1 aliphatic rings. The molecule has 0 aliphatic carbocycles. The number of nitrogens with zero attached hydrogens (tertiary/aromatic N) is 1. The van der Waals surface area contributed by atoms with Gasteiger partial charge < -0.3 is 10.2 Å². The van der Waals surface area contributed by atoms with Gasteiger partial charge in [-0.3, -0.25) is 4.79 Å². The van der Waals surface area contributed by atoms with Gasteiger partial charge >= 0.3 is 0 Å². The number of likely N-dealkylation sites (N-methyl/N-ethyl adjacent to an activating group) is 1. The molecule has 1 fully saturated rings. The van der Waals surface area contributed by atoms with Crippen molar-refractivity contribution in [3.05, 3.63) is 35.4 Å². The molecule has 1 unspecified atom stereocenters. The van der Waals surface area contributed by atoms with Gasteiger partial charge in [0.1, 0.15) is 0 Å². The summed E-state index contributed by atoms with van der Waals surface area (Å²) in [6.45, 7) is 3.91. The number of hydrogen-bond acceptors (Lipinski definition) is 2. The Bertz CT molecular complexity index is 411. The maximum absolute atomic E-state index is 12.6. The van der Waals surface area contributed by atoms with Gasteiger partial charge in [-0.15, -0.1) is 0 Å². The average molecular weight is 260 g/mol. The molecule has 1 heterocycles. The quantitative estimate of drug-likeness (QED) is 0.902. The van der Waals surface area contributed by atoms with E-state index in [-0.39, 0.29) is 5.91 Å². The molecule has 1 N–H and O–H groups in total. The second kappa shape index (κ2) is 6.71. The highest BCUT2D eigenvalue weighted by Crippen LogP contribution is 2.19. The lowest BCUT2D eigenvalue weighted by molar-refractivity contribution is 0.0615. The third-order valence-electron chi connectivity index (χ3n) is 3.94. The van der Waals surface area contributed by atoms with Crippen LogP contribution in [0.2, 0.25) is 0 Å². The number of hydrogen-bond donors (Lipinski definition) is 1. The number of rotatable bonds is 4. The van der Waals surface area contributed by atoms with Gasteiger partial charge in [0.15, 0.2) is 0 Å². The number of nitrogens with one attached hydrogen (secondary N) is 1. The Hall–Kier alpha value is -1.35. The number of amides is 1. The van der Waals surface area contributed by atoms with Crippen LogP contribution < -0.4 is 5.32 Å². The second-order valence-corrected chi connectivity index (χ2v) is 5.26. The van der Waals surface area contributed by atoms with E-state index < -0.39 is 0 Å². The molecule has 19 heavy (non-hydrogen) atoms. The van der Waals surface area contributed by atoms with E-state index >= 15 is 0 Å².